The van der Waals surface area contributed by atoms with E-state index in [9.17, 15) is 37.8 Å². The molecule has 2 heterocycles. The van der Waals surface area contributed by atoms with E-state index in [1.165, 1.54) is 6.20 Å². The molecule has 0 spiro atoms. The Balaban J connectivity index is 1.79. The normalized spacial score (nSPS) is 24.2. The van der Waals surface area contributed by atoms with E-state index in [1.54, 1.807) is 5.32 Å². The van der Waals surface area contributed by atoms with Crippen molar-refractivity contribution < 1.29 is 37.7 Å². The highest BCUT2D eigenvalue weighted by molar-refractivity contribution is 5.81. The number of ether oxygens (including phenoxy) is 2. The van der Waals surface area contributed by atoms with Crippen LogP contribution in [0.15, 0.2) is 21.9 Å². The van der Waals surface area contributed by atoms with Crippen LogP contribution in [0.25, 0.3) is 0 Å². The van der Waals surface area contributed by atoms with Gasteiger partial charge in [0.05, 0.1) is 6.61 Å². The average molecular weight is 439 g/mol. The quantitative estimate of drug-likeness (QED) is 0.357. The molecule has 4 unspecified atom stereocenters. The van der Waals surface area contributed by atoms with Gasteiger partial charge in [-0.05, 0) is 12.8 Å². The van der Waals surface area contributed by atoms with Crippen molar-refractivity contribution in [2.75, 3.05) is 19.8 Å². The minimum Gasteiger partial charge on any atom is -0.394 e. The number of unbranched alkanes of at least 4 members (excludes halogenated alkanes) is 3. The van der Waals surface area contributed by atoms with Crippen LogP contribution in [-0.4, -0.2) is 69.9 Å². The SMILES string of the molecule is O=C(NCCCCCCOC1C(O)C(CO)OC1n1ccc(=O)[nH]c1=O)C(F)(F)F. The molecule has 0 aromatic carbocycles. The second kappa shape index (κ2) is 10.7. The van der Waals surface area contributed by atoms with Crippen molar-refractivity contribution in [2.45, 2.75) is 56.4 Å². The van der Waals surface area contributed by atoms with Gasteiger partial charge in [-0.25, -0.2) is 4.79 Å². The largest absolute Gasteiger partial charge is 0.471 e. The third-order valence-electron chi connectivity index (χ3n) is 4.54. The van der Waals surface area contributed by atoms with E-state index in [2.05, 4.69) is 4.98 Å². The standard InChI is InChI=1S/C17H24F3N3O7/c18-17(19,20)15(27)21-6-3-1-2-4-8-29-13-12(26)10(9-24)30-14(13)23-7-5-11(25)22-16(23)28/h5,7,10,12-14,24,26H,1-4,6,8-9H2,(H,21,27)(H,22,25,28). The molecule has 10 nitrogen and oxygen atoms in total. The third-order valence-corrected chi connectivity index (χ3v) is 4.54. The number of nitrogens with one attached hydrogen (secondary N) is 2. The number of hydrogen-bond donors (Lipinski definition) is 4. The highest BCUT2D eigenvalue weighted by Gasteiger charge is 2.45. The zero-order valence-corrected chi connectivity index (χ0v) is 15.9. The van der Waals surface area contributed by atoms with E-state index in [-0.39, 0.29) is 13.2 Å². The number of hydrogen-bond acceptors (Lipinski definition) is 7. The van der Waals surface area contributed by atoms with Crippen LogP contribution in [0.3, 0.4) is 0 Å². The molecule has 4 N–H and O–H groups in total. The topological polar surface area (TPSA) is 143 Å². The lowest BCUT2D eigenvalue weighted by molar-refractivity contribution is -0.173. The highest BCUT2D eigenvalue weighted by Crippen LogP contribution is 2.30. The number of amides is 1. The van der Waals surface area contributed by atoms with Gasteiger partial charge in [0.25, 0.3) is 5.56 Å². The second-order valence-corrected chi connectivity index (χ2v) is 6.76. The molecule has 1 aliphatic heterocycles. The minimum absolute atomic E-state index is 0.0935. The van der Waals surface area contributed by atoms with Gasteiger partial charge in [-0.15, -0.1) is 0 Å². The summed E-state index contributed by atoms with van der Waals surface area (Å²) in [5.74, 6) is -1.97. The average Bonchev–Trinajstić information content (AvgIpc) is 2.98. The van der Waals surface area contributed by atoms with E-state index >= 15 is 0 Å². The van der Waals surface area contributed by atoms with Gasteiger partial charge in [0.15, 0.2) is 6.23 Å². The number of rotatable bonds is 10. The molecular weight excluding hydrogens is 415 g/mol. The Kier molecular flexibility index (Phi) is 8.58. The minimum atomic E-state index is -4.89. The van der Waals surface area contributed by atoms with Gasteiger partial charge in [0.1, 0.15) is 18.3 Å². The van der Waals surface area contributed by atoms with Gasteiger partial charge in [0, 0.05) is 25.4 Å². The van der Waals surface area contributed by atoms with Crippen molar-refractivity contribution in [3.8, 4) is 0 Å². The zero-order chi connectivity index (χ0) is 22.3. The first-order valence-electron chi connectivity index (χ1n) is 9.37. The lowest BCUT2D eigenvalue weighted by Gasteiger charge is -2.22. The molecule has 0 radical (unpaired) electrons. The van der Waals surface area contributed by atoms with Gasteiger partial charge in [-0.1, -0.05) is 12.8 Å². The summed E-state index contributed by atoms with van der Waals surface area (Å²) in [6.07, 6.45) is -5.90. The Morgan fingerprint density at radius 2 is 1.97 bits per heavy atom. The van der Waals surface area contributed by atoms with Gasteiger partial charge in [-0.3, -0.25) is 19.1 Å². The Hall–Kier alpha value is -2.22. The fourth-order valence-electron chi connectivity index (χ4n) is 3.00. The summed E-state index contributed by atoms with van der Waals surface area (Å²) in [4.78, 5) is 35.9. The maximum atomic E-state index is 12.0. The number of halogens is 3. The summed E-state index contributed by atoms with van der Waals surface area (Å²) in [5, 5.41) is 21.4. The maximum absolute atomic E-state index is 12.0. The number of nitrogens with zero attached hydrogens (tertiary/aromatic N) is 1. The first-order valence-corrected chi connectivity index (χ1v) is 9.37. The van der Waals surface area contributed by atoms with Crippen molar-refractivity contribution in [1.29, 1.82) is 0 Å². The number of aliphatic hydroxyl groups excluding tert-OH is 2. The Morgan fingerprint density at radius 3 is 2.60 bits per heavy atom. The van der Waals surface area contributed by atoms with E-state index in [1.807, 2.05) is 0 Å². The fourth-order valence-corrected chi connectivity index (χ4v) is 3.00. The number of aromatic nitrogens is 2. The third kappa shape index (κ3) is 6.39. The molecule has 30 heavy (non-hydrogen) atoms. The number of alkyl halides is 3. The summed E-state index contributed by atoms with van der Waals surface area (Å²) >= 11 is 0. The highest BCUT2D eigenvalue weighted by atomic mass is 19.4. The van der Waals surface area contributed by atoms with Crippen molar-refractivity contribution in [1.82, 2.24) is 14.9 Å². The molecular formula is C17H24F3N3O7. The number of aromatic amines is 1. The van der Waals surface area contributed by atoms with Gasteiger partial charge >= 0.3 is 17.8 Å². The monoisotopic (exact) mass is 439 g/mol. The molecule has 170 valence electrons. The lowest BCUT2D eigenvalue weighted by Crippen LogP contribution is -2.39. The second-order valence-electron chi connectivity index (χ2n) is 6.76. The molecule has 0 aliphatic carbocycles. The molecule has 1 amide bonds. The van der Waals surface area contributed by atoms with Gasteiger partial charge in [0.2, 0.25) is 0 Å². The van der Waals surface area contributed by atoms with Crippen LogP contribution in [0.1, 0.15) is 31.9 Å². The molecule has 0 bridgehead atoms. The number of H-pyrrole nitrogens is 1. The summed E-state index contributed by atoms with van der Waals surface area (Å²) in [7, 11) is 0. The molecule has 0 saturated carbocycles. The van der Waals surface area contributed by atoms with Gasteiger partial charge in [-0.2, -0.15) is 13.2 Å². The lowest BCUT2D eigenvalue weighted by atomic mass is 10.1. The molecule has 2 rings (SSSR count). The first-order chi connectivity index (χ1) is 14.1. The summed E-state index contributed by atoms with van der Waals surface area (Å²) in [6, 6.07) is 1.11. The first kappa shape index (κ1) is 24.1. The molecule has 1 aromatic rings. The van der Waals surface area contributed by atoms with Crippen LogP contribution in [0.4, 0.5) is 13.2 Å². The smallest absolute Gasteiger partial charge is 0.394 e. The van der Waals surface area contributed by atoms with Crippen molar-refractivity contribution in [2.24, 2.45) is 0 Å². The van der Waals surface area contributed by atoms with Crippen LogP contribution in [0, 0.1) is 0 Å². The van der Waals surface area contributed by atoms with Crippen LogP contribution in [0.5, 0.6) is 0 Å². The van der Waals surface area contributed by atoms with E-state index in [0.717, 1.165) is 10.6 Å². The molecule has 1 aliphatic rings. The predicted molar refractivity (Wildman–Crippen MR) is 95.6 cm³/mol. The molecule has 13 heteroatoms. The summed E-state index contributed by atoms with van der Waals surface area (Å²) in [6.45, 7) is -0.435. The van der Waals surface area contributed by atoms with Crippen molar-refractivity contribution in [3.05, 3.63) is 33.1 Å². The van der Waals surface area contributed by atoms with Crippen molar-refractivity contribution in [3.63, 3.8) is 0 Å². The Bertz CT molecular complexity index is 811. The Morgan fingerprint density at radius 1 is 1.27 bits per heavy atom. The van der Waals surface area contributed by atoms with Gasteiger partial charge < -0.3 is 25.0 Å². The van der Waals surface area contributed by atoms with Crippen LogP contribution in [-0.2, 0) is 14.3 Å². The number of carbonyl (C=O) groups is 1. The summed E-state index contributed by atoms with van der Waals surface area (Å²) in [5.41, 5.74) is -1.36. The van der Waals surface area contributed by atoms with E-state index in [0.29, 0.717) is 25.7 Å². The summed E-state index contributed by atoms with van der Waals surface area (Å²) < 4.78 is 48.3. The van der Waals surface area contributed by atoms with Crippen LogP contribution < -0.4 is 16.6 Å². The number of carbonyl (C=O) groups excluding carboxylic acids is 1. The van der Waals surface area contributed by atoms with Crippen molar-refractivity contribution >= 4 is 5.91 Å². The fraction of sp³-hybridized carbons (Fsp3) is 0.706. The predicted octanol–water partition coefficient (Wildman–Crippen LogP) is -0.589. The van der Waals surface area contributed by atoms with E-state index in [4.69, 9.17) is 9.47 Å². The molecule has 4 atom stereocenters. The van der Waals surface area contributed by atoms with Crippen LogP contribution in [0.2, 0.25) is 0 Å². The maximum Gasteiger partial charge on any atom is 0.471 e. The number of aliphatic hydroxyl groups is 2. The van der Waals surface area contributed by atoms with E-state index < -0.39 is 54.5 Å². The van der Waals surface area contributed by atoms with Crippen LogP contribution >= 0.6 is 0 Å². The molecule has 1 saturated heterocycles. The molecule has 1 aromatic heterocycles. The Labute approximate surface area is 168 Å². The zero-order valence-electron chi connectivity index (χ0n) is 15.9. The molecule has 1 fully saturated rings.